The quantitative estimate of drug-likeness (QED) is 0.767. The molecule has 134 valence electrons. The van der Waals surface area contributed by atoms with Crippen LogP contribution in [-0.2, 0) is 10.0 Å². The number of benzene rings is 2. The normalized spacial score (nSPS) is 15.5. The fourth-order valence-electron chi connectivity index (χ4n) is 3.19. The summed E-state index contributed by atoms with van der Waals surface area (Å²) in [5.41, 5.74) is 2.74. The largest absolute Gasteiger partial charge is 0.382 e. The molecule has 0 bridgehead atoms. The van der Waals surface area contributed by atoms with Crippen molar-refractivity contribution in [1.29, 1.82) is 0 Å². The predicted octanol–water partition coefficient (Wildman–Crippen LogP) is 4.97. The van der Waals surface area contributed by atoms with Gasteiger partial charge in [0, 0.05) is 17.4 Å². The van der Waals surface area contributed by atoms with Crippen molar-refractivity contribution in [2.45, 2.75) is 56.4 Å². The van der Waals surface area contributed by atoms with Crippen LogP contribution < -0.4 is 10.0 Å². The number of hydrogen-bond donors (Lipinski definition) is 2. The van der Waals surface area contributed by atoms with Gasteiger partial charge in [-0.15, -0.1) is 0 Å². The van der Waals surface area contributed by atoms with Gasteiger partial charge in [0.05, 0.1) is 4.90 Å². The monoisotopic (exact) mass is 358 g/mol. The standard InChI is InChI=1S/C20H26N2O2S/c1-15(2)16-7-13-20(14-8-16)25(23,24)22-19-11-9-18(10-12-19)21-17-5-3-4-6-17/h7-15,17,21-22H,3-6H2,1-2H3. The van der Waals surface area contributed by atoms with Gasteiger partial charge in [-0.1, -0.05) is 38.8 Å². The second kappa shape index (κ2) is 7.48. The Morgan fingerprint density at radius 1 is 0.880 bits per heavy atom. The molecule has 0 amide bonds. The van der Waals surface area contributed by atoms with E-state index in [2.05, 4.69) is 23.9 Å². The zero-order chi connectivity index (χ0) is 17.9. The molecule has 1 aliphatic carbocycles. The Labute approximate surface area is 150 Å². The average Bonchev–Trinajstić information content (AvgIpc) is 3.09. The molecule has 1 fully saturated rings. The first-order chi connectivity index (χ1) is 11.9. The molecule has 0 aromatic heterocycles. The minimum atomic E-state index is -3.56. The van der Waals surface area contributed by atoms with E-state index in [-0.39, 0.29) is 4.90 Å². The summed E-state index contributed by atoms with van der Waals surface area (Å²) in [5, 5.41) is 3.50. The van der Waals surface area contributed by atoms with Crippen LogP contribution in [0.3, 0.4) is 0 Å². The Balaban J connectivity index is 1.67. The van der Waals surface area contributed by atoms with E-state index in [0.717, 1.165) is 11.3 Å². The molecule has 0 aliphatic heterocycles. The van der Waals surface area contributed by atoms with Crippen LogP contribution in [0.1, 0.15) is 51.0 Å². The molecule has 2 aromatic rings. The first-order valence-corrected chi connectivity index (χ1v) is 10.4. The summed E-state index contributed by atoms with van der Waals surface area (Å²) in [5.74, 6) is 0.379. The summed E-state index contributed by atoms with van der Waals surface area (Å²) >= 11 is 0. The molecule has 5 heteroatoms. The first-order valence-electron chi connectivity index (χ1n) is 8.93. The van der Waals surface area contributed by atoms with Crippen molar-refractivity contribution in [1.82, 2.24) is 0 Å². The van der Waals surface area contributed by atoms with Crippen LogP contribution in [0.15, 0.2) is 53.4 Å². The van der Waals surface area contributed by atoms with E-state index >= 15 is 0 Å². The van der Waals surface area contributed by atoms with Gasteiger partial charge in [-0.2, -0.15) is 0 Å². The molecular weight excluding hydrogens is 332 g/mol. The van der Waals surface area contributed by atoms with Gasteiger partial charge >= 0.3 is 0 Å². The Morgan fingerprint density at radius 2 is 1.44 bits per heavy atom. The third kappa shape index (κ3) is 4.54. The van der Waals surface area contributed by atoms with Crippen molar-refractivity contribution in [3.05, 3.63) is 54.1 Å². The van der Waals surface area contributed by atoms with E-state index in [9.17, 15) is 8.42 Å². The topological polar surface area (TPSA) is 58.2 Å². The van der Waals surface area contributed by atoms with Crippen LogP contribution >= 0.6 is 0 Å². The fraction of sp³-hybridized carbons (Fsp3) is 0.400. The summed E-state index contributed by atoms with van der Waals surface area (Å²) in [4.78, 5) is 0.282. The molecule has 3 rings (SSSR count). The van der Waals surface area contributed by atoms with E-state index in [1.807, 2.05) is 24.3 Å². The molecule has 0 unspecified atom stereocenters. The molecule has 0 radical (unpaired) electrons. The second-order valence-electron chi connectivity index (χ2n) is 7.03. The van der Waals surface area contributed by atoms with Crippen molar-refractivity contribution in [3.63, 3.8) is 0 Å². The molecule has 0 heterocycles. The van der Waals surface area contributed by atoms with Gasteiger partial charge in [0.1, 0.15) is 0 Å². The van der Waals surface area contributed by atoms with Gasteiger partial charge in [0.2, 0.25) is 0 Å². The Morgan fingerprint density at radius 3 is 2.00 bits per heavy atom. The lowest BCUT2D eigenvalue weighted by molar-refractivity contribution is 0.601. The highest BCUT2D eigenvalue weighted by Crippen LogP contribution is 2.24. The minimum Gasteiger partial charge on any atom is -0.382 e. The Bertz CT molecular complexity index is 791. The molecule has 25 heavy (non-hydrogen) atoms. The lowest BCUT2D eigenvalue weighted by Crippen LogP contribution is -2.15. The smallest absolute Gasteiger partial charge is 0.261 e. The van der Waals surface area contributed by atoms with Crippen LogP contribution in [0.4, 0.5) is 11.4 Å². The SMILES string of the molecule is CC(C)c1ccc(S(=O)(=O)Nc2ccc(NC3CCCC3)cc2)cc1. The summed E-state index contributed by atoms with van der Waals surface area (Å²) in [6, 6.07) is 15.1. The molecule has 0 spiro atoms. The van der Waals surface area contributed by atoms with Crippen molar-refractivity contribution in [2.75, 3.05) is 10.0 Å². The van der Waals surface area contributed by atoms with E-state index in [1.165, 1.54) is 25.7 Å². The Hall–Kier alpha value is -2.01. The fourth-order valence-corrected chi connectivity index (χ4v) is 4.24. The molecule has 2 N–H and O–H groups in total. The molecular formula is C20H26N2O2S. The number of hydrogen-bond acceptors (Lipinski definition) is 3. The van der Waals surface area contributed by atoms with E-state index in [4.69, 9.17) is 0 Å². The van der Waals surface area contributed by atoms with Gasteiger partial charge in [-0.3, -0.25) is 4.72 Å². The molecule has 0 atom stereocenters. The lowest BCUT2D eigenvalue weighted by atomic mass is 10.0. The van der Waals surface area contributed by atoms with E-state index < -0.39 is 10.0 Å². The van der Waals surface area contributed by atoms with E-state index in [1.54, 1.807) is 24.3 Å². The van der Waals surface area contributed by atoms with Crippen molar-refractivity contribution in [2.24, 2.45) is 0 Å². The summed E-state index contributed by atoms with van der Waals surface area (Å²) < 4.78 is 27.7. The molecule has 0 saturated heterocycles. The van der Waals surface area contributed by atoms with Crippen LogP contribution in [0.5, 0.6) is 0 Å². The van der Waals surface area contributed by atoms with Gasteiger partial charge in [-0.25, -0.2) is 8.42 Å². The van der Waals surface area contributed by atoms with Crippen molar-refractivity contribution < 1.29 is 8.42 Å². The van der Waals surface area contributed by atoms with Crippen LogP contribution in [0.25, 0.3) is 0 Å². The number of rotatable bonds is 6. The third-order valence-electron chi connectivity index (χ3n) is 4.72. The average molecular weight is 359 g/mol. The van der Waals surface area contributed by atoms with Gasteiger partial charge in [0.15, 0.2) is 0 Å². The van der Waals surface area contributed by atoms with Crippen molar-refractivity contribution in [3.8, 4) is 0 Å². The zero-order valence-corrected chi connectivity index (χ0v) is 15.6. The second-order valence-corrected chi connectivity index (χ2v) is 8.71. The molecule has 1 aliphatic rings. The van der Waals surface area contributed by atoms with Crippen LogP contribution in [-0.4, -0.2) is 14.5 Å². The van der Waals surface area contributed by atoms with Gasteiger partial charge < -0.3 is 5.32 Å². The van der Waals surface area contributed by atoms with Gasteiger partial charge in [-0.05, 0) is 60.7 Å². The maximum absolute atomic E-state index is 12.5. The predicted molar refractivity (Wildman–Crippen MR) is 104 cm³/mol. The third-order valence-corrected chi connectivity index (χ3v) is 6.12. The molecule has 4 nitrogen and oxygen atoms in total. The van der Waals surface area contributed by atoms with Gasteiger partial charge in [0.25, 0.3) is 10.0 Å². The van der Waals surface area contributed by atoms with Crippen LogP contribution in [0.2, 0.25) is 0 Å². The van der Waals surface area contributed by atoms with Crippen LogP contribution in [0, 0.1) is 0 Å². The number of nitrogens with one attached hydrogen (secondary N) is 2. The highest BCUT2D eigenvalue weighted by atomic mass is 32.2. The minimum absolute atomic E-state index is 0.282. The number of anilines is 2. The Kier molecular flexibility index (Phi) is 5.33. The lowest BCUT2D eigenvalue weighted by Gasteiger charge is -2.14. The summed E-state index contributed by atoms with van der Waals surface area (Å²) in [6.45, 7) is 4.17. The highest BCUT2D eigenvalue weighted by molar-refractivity contribution is 7.92. The maximum atomic E-state index is 12.5. The molecule has 1 saturated carbocycles. The summed E-state index contributed by atoms with van der Waals surface area (Å²) in [7, 11) is -3.56. The van der Waals surface area contributed by atoms with Crippen molar-refractivity contribution >= 4 is 21.4 Å². The maximum Gasteiger partial charge on any atom is 0.261 e. The van der Waals surface area contributed by atoms with E-state index in [0.29, 0.717) is 17.6 Å². The highest BCUT2D eigenvalue weighted by Gasteiger charge is 2.16. The first kappa shape index (κ1) is 17.8. The zero-order valence-electron chi connectivity index (χ0n) is 14.8. The molecule has 2 aromatic carbocycles. The number of sulfonamides is 1. The summed E-state index contributed by atoms with van der Waals surface area (Å²) in [6.07, 6.45) is 4.98.